The number of aliphatic carboxylic acids is 1. The van der Waals surface area contributed by atoms with E-state index in [4.69, 9.17) is 78.7 Å². The highest BCUT2D eigenvalue weighted by Crippen LogP contribution is 2.55. The number of nitrogens with zero attached hydrogens (tertiary/aromatic N) is 16. The molecule has 0 unspecified atom stereocenters. The first kappa shape index (κ1) is 119. The number of nitrogens with two attached hydrogens (primary N) is 2. The van der Waals surface area contributed by atoms with Gasteiger partial charge in [0.1, 0.15) is 62.2 Å². The van der Waals surface area contributed by atoms with Gasteiger partial charge in [-0.15, -0.1) is 8.42 Å². The second-order valence-electron chi connectivity index (χ2n) is 43.7. The molecule has 52 heteroatoms. The van der Waals surface area contributed by atoms with Crippen LogP contribution in [0.3, 0.4) is 0 Å². The normalized spacial score (nSPS) is 20.1. The Kier molecular flexibility index (Phi) is 38.5. The summed E-state index contributed by atoms with van der Waals surface area (Å²) in [5.41, 5.74) is 2.62. The van der Waals surface area contributed by atoms with Crippen LogP contribution < -0.4 is 44.5 Å². The number of amides is 4. The summed E-state index contributed by atoms with van der Waals surface area (Å²) in [6, 6.07) is 7.52. The summed E-state index contributed by atoms with van der Waals surface area (Å²) in [5.74, 6) is -1.55. The number of pyridine rings is 1. The Labute approximate surface area is 847 Å². The maximum absolute atomic E-state index is 12.7. The molecular weight excluding hydrogens is 2000 g/mol. The van der Waals surface area contributed by atoms with E-state index in [0.29, 0.717) is 116 Å². The molecule has 4 amide bonds. The van der Waals surface area contributed by atoms with Crippen LogP contribution >= 0.6 is 34.8 Å². The van der Waals surface area contributed by atoms with Crippen molar-refractivity contribution in [3.63, 3.8) is 0 Å². The van der Waals surface area contributed by atoms with Crippen molar-refractivity contribution in [3.05, 3.63) is 75.9 Å². The first-order valence-electron chi connectivity index (χ1n) is 47.1. The lowest BCUT2D eigenvalue weighted by Gasteiger charge is -2.60. The molecule has 0 aromatic carbocycles. The Balaban J connectivity index is 0.000000203. The molecule has 0 atom stereocenters. The molecule has 5 spiro atoms. The van der Waals surface area contributed by atoms with Crippen molar-refractivity contribution >= 4 is 140 Å². The summed E-state index contributed by atoms with van der Waals surface area (Å²) in [6.45, 7) is 49.1. The Hall–Kier alpha value is -8.34. The monoisotopic (exact) mass is 2150 g/mol. The molecule has 5 aromatic heterocycles. The molecule has 8 N–H and O–H groups in total. The van der Waals surface area contributed by atoms with Crippen LogP contribution in [0.5, 0.6) is 0 Å². The molecular formula is C90H145Cl3F3N21O21S4. The maximum Gasteiger partial charge on any atom is 0.493 e. The Bertz CT molecular complexity index is 5730. The van der Waals surface area contributed by atoms with Crippen molar-refractivity contribution in [2.45, 2.75) is 294 Å². The van der Waals surface area contributed by atoms with Gasteiger partial charge in [0.05, 0.1) is 0 Å². The topological polar surface area (TPSA) is 519 Å². The third-order valence-corrected chi connectivity index (χ3v) is 30.3. The number of aryl methyl sites for hydroxylation is 2. The number of fused-ring (bicyclic) bond motifs is 2. The predicted molar refractivity (Wildman–Crippen MR) is 529 cm³/mol. The smallest absolute Gasteiger partial charge is 0.493 e. The van der Waals surface area contributed by atoms with E-state index < -0.39 is 87.6 Å². The number of anilines is 2. The maximum atomic E-state index is 12.7. The molecule has 5 aliphatic carbocycles. The van der Waals surface area contributed by atoms with E-state index in [9.17, 15) is 75.9 Å². The number of carboxylic acid groups (broad SMARTS) is 1. The lowest BCUT2D eigenvalue weighted by Crippen LogP contribution is -2.69. The van der Waals surface area contributed by atoms with Crippen molar-refractivity contribution in [1.29, 1.82) is 0 Å². The van der Waals surface area contributed by atoms with E-state index in [2.05, 4.69) is 47.0 Å². The SMILES string of the molecule is CC(C)(C)OC(=O)N1CC2(CC(=O)C2)C1.CCCN(C1CC2(C1)CN(C(=O)OC(C)(C)C)C2)S(=O)(=O)NC(=O)OC(C)(C)C.CCCN(C1CC2(C1)CN(c1ncnn3c(Cl)cc(C)c13)C2)S(N)(=O)=O.CCCN(C1CC2(CNC2)C1)S(N)(=O)=O.CCCNC1CC2(C1)CN(C(=O)OC(C)(C)C)C2.CN(C)c1cc[n+](S(=O)(=O)N=C([O-])OC(C)(C)C)cc1.Cc1cc(Cl)n2ncnc(Cl)c12.O=C(O)C(F)(F)F. The van der Waals surface area contributed by atoms with E-state index in [-0.39, 0.29) is 58.3 Å². The van der Waals surface area contributed by atoms with Crippen molar-refractivity contribution in [3.8, 4) is 0 Å². The van der Waals surface area contributed by atoms with Crippen LogP contribution in [0.25, 0.3) is 11.0 Å². The van der Waals surface area contributed by atoms with Gasteiger partial charge < -0.3 is 69.0 Å². The fraction of sp³-hybridized carbons (Fsp3) is 0.733. The number of halogens is 6. The number of hydrogen-bond acceptors (Lipinski definition) is 28. The molecule has 10 fully saturated rings. The van der Waals surface area contributed by atoms with Crippen molar-refractivity contribution in [2.75, 3.05) is 116 Å². The zero-order valence-corrected chi connectivity index (χ0v) is 91.1. The summed E-state index contributed by atoms with van der Waals surface area (Å²) >= 11 is 17.9. The number of Topliss-reactive ketones (excluding diaryl/α,β-unsaturated/α-hetero) is 1. The third-order valence-electron chi connectivity index (χ3n) is 24.5. The van der Waals surface area contributed by atoms with Crippen LogP contribution in [-0.2, 0) is 74.1 Å². The number of nitrogens with one attached hydrogen (secondary N) is 3. The molecule has 5 aromatic rings. The van der Waals surface area contributed by atoms with Gasteiger partial charge in [0.25, 0.3) is 20.4 Å². The second kappa shape index (κ2) is 46.0. The van der Waals surface area contributed by atoms with E-state index >= 15 is 0 Å². The molecule has 15 rings (SSSR count). The minimum absolute atomic E-state index is 0.0157. The number of carboxylic acids is 1. The average molecular weight is 2150 g/mol. The number of hydrogen-bond donors (Lipinski definition) is 6. The lowest BCUT2D eigenvalue weighted by atomic mass is 9.60. The Morgan fingerprint density at radius 2 is 0.923 bits per heavy atom. The van der Waals surface area contributed by atoms with E-state index in [1.807, 2.05) is 132 Å². The van der Waals surface area contributed by atoms with Crippen LogP contribution in [0.15, 0.2) is 53.7 Å². The van der Waals surface area contributed by atoms with Crippen LogP contribution in [0.1, 0.15) is 233 Å². The zero-order chi connectivity index (χ0) is 107. The fourth-order valence-corrected chi connectivity index (χ4v) is 23.4. The third kappa shape index (κ3) is 32.8. The molecule has 5 saturated carbocycles. The molecule has 802 valence electrons. The van der Waals surface area contributed by atoms with E-state index in [1.54, 1.807) is 78.6 Å². The number of likely N-dealkylation sites (tertiary alicyclic amines) is 3. The van der Waals surface area contributed by atoms with Gasteiger partial charge in [-0.2, -0.15) is 61.5 Å². The summed E-state index contributed by atoms with van der Waals surface area (Å²) in [7, 11) is -11.6. The molecule has 10 heterocycles. The van der Waals surface area contributed by atoms with E-state index in [0.717, 1.165) is 122 Å². The molecule has 5 aliphatic heterocycles. The molecule has 142 heavy (non-hydrogen) atoms. The van der Waals surface area contributed by atoms with Crippen LogP contribution in [0.2, 0.25) is 15.5 Å². The summed E-state index contributed by atoms with van der Waals surface area (Å²) in [5, 5.41) is 45.6. The van der Waals surface area contributed by atoms with Gasteiger partial charge in [-0.05, 0) is 209 Å². The van der Waals surface area contributed by atoms with Crippen LogP contribution in [-0.4, -0.2) is 302 Å². The van der Waals surface area contributed by atoms with Gasteiger partial charge in [-0.1, -0.05) is 91.6 Å². The average Bonchev–Trinajstić information content (AvgIpc) is 1.34. The van der Waals surface area contributed by atoms with E-state index in [1.165, 1.54) is 57.2 Å². The van der Waals surface area contributed by atoms with Crippen LogP contribution in [0, 0.1) is 40.9 Å². The lowest BCUT2D eigenvalue weighted by molar-refractivity contribution is -0.511. The number of carbonyl (C=O) groups is 6. The first-order valence-corrected chi connectivity index (χ1v) is 54.1. The highest BCUT2D eigenvalue weighted by molar-refractivity contribution is 7.88. The van der Waals surface area contributed by atoms with Gasteiger partial charge in [-0.3, -0.25) is 4.79 Å². The van der Waals surface area contributed by atoms with Crippen molar-refractivity contribution in [1.82, 2.24) is 72.2 Å². The highest BCUT2D eigenvalue weighted by atomic mass is 35.5. The predicted octanol–water partition coefficient (Wildman–Crippen LogP) is 10.7. The number of alkyl halides is 3. The minimum atomic E-state index is -5.08. The molecule has 0 radical (unpaired) electrons. The first-order chi connectivity index (χ1) is 65.0. The fourth-order valence-electron chi connectivity index (χ4n) is 18.5. The number of carbonyl (C=O) groups excluding carboxylic acids is 5. The van der Waals surface area contributed by atoms with Crippen molar-refractivity contribution < 1.29 is 113 Å². The van der Waals surface area contributed by atoms with Gasteiger partial charge in [-0.25, -0.2) is 58.0 Å². The summed E-state index contributed by atoms with van der Waals surface area (Å²) in [6.07, 6.45) is 9.64. The zero-order valence-electron chi connectivity index (χ0n) is 85.6. The minimum Gasteiger partial charge on any atom is -0.594 e. The Morgan fingerprint density at radius 1 is 0.556 bits per heavy atom. The number of ether oxygens (including phenoxy) is 5. The molecule has 42 nitrogen and oxygen atoms in total. The van der Waals surface area contributed by atoms with Gasteiger partial charge in [0.2, 0.25) is 0 Å². The van der Waals surface area contributed by atoms with Gasteiger partial charge in [0, 0.05) is 181 Å². The highest BCUT2D eigenvalue weighted by Gasteiger charge is 2.60. The second-order valence-corrected chi connectivity index (χ2v) is 51.0. The van der Waals surface area contributed by atoms with Gasteiger partial charge in [0.15, 0.2) is 29.4 Å². The Morgan fingerprint density at radius 3 is 1.28 bits per heavy atom. The molecule has 0 bridgehead atoms. The summed E-state index contributed by atoms with van der Waals surface area (Å²) < 4.78 is 167. The van der Waals surface area contributed by atoms with Gasteiger partial charge >= 0.3 is 56.9 Å². The molecule has 10 aliphatic rings. The number of ketones is 1. The quantitative estimate of drug-likeness (QED) is 0.0182. The number of aromatic nitrogens is 7. The largest absolute Gasteiger partial charge is 0.594 e. The number of rotatable bonds is 20. The molecule has 5 saturated heterocycles. The standard InChI is InChI=1S/C19H35N3O6S.C16H23ClN6O2S.C14H26N2O2.C12H19N3O4S.C11H17NO3.C9H19N3O2S.C7H5Cl2N3.C2HF3O2/c1-8-9-22(29(25,26)20-15(23)27-17(2,3)4)14-10-19(11-14)12-21(13-19)16(24)28-18(5,6)7;1-3-4-22(26(18,24)25)12-6-16(7-12)8-21(9-16)15-14-11(2)5-13(17)23(14)20-10-19-15;1-5-6-15-11-7-14(8-11)9-16(10-14)12(17)18-13(2,3)4;1-12(2,3)19-11(16)13-20(17,18)15-8-6-10(7-9-15)14(4)5;1-10(2,3)15-9(14)12-6-11(7-12)4-8(13)5-11;1-2-3-12(15(10,13)14)8-4-9(5-8)6-11-7-9;1-4-2-5(8)12-6(4)7(9)10-3-11-12;3-2(4,5)1(6)7/h14H,8-13H2,1-7H3,(H,20,23);5,10,12H,3-4,6-9H2,1-2H3,(H2,18,24,25);11,15H,5-10H2,1-4H3;6-9H,1-5H3;4-7H2,1-3H3;8,11H,2-7H2,1H3,(H2,10,13,14);2-3H,1H3;(H,6,7). The summed E-state index contributed by atoms with van der Waals surface area (Å²) in [4.78, 5) is 84.7. The van der Waals surface area contributed by atoms with Crippen LogP contribution in [0.4, 0.5) is 43.9 Å². The van der Waals surface area contributed by atoms with Crippen molar-refractivity contribution in [2.24, 2.45) is 41.8 Å².